The minimum absolute atomic E-state index is 0.0671. The van der Waals surface area contributed by atoms with Gasteiger partial charge in [-0.3, -0.25) is 0 Å². The molecule has 1 aromatic rings. The van der Waals surface area contributed by atoms with E-state index in [0.29, 0.717) is 0 Å². The molecule has 1 N–H and O–H groups in total. The molecule has 0 saturated heterocycles. The van der Waals surface area contributed by atoms with Crippen LogP contribution in [0.4, 0.5) is 0 Å². The molecule has 1 rings (SSSR count). The highest BCUT2D eigenvalue weighted by Crippen LogP contribution is 2.22. The number of hydrogen-bond donors (Lipinski definition) is 1. The number of aliphatic hydroxyl groups is 1. The Morgan fingerprint density at radius 1 is 1.75 bits per heavy atom. The molecule has 0 radical (unpaired) electrons. The normalized spacial score (nSPS) is 12.8. The SMILES string of the molecule is C=C(C)CC(CO)c1ccco1. The van der Waals surface area contributed by atoms with Gasteiger partial charge in [0, 0.05) is 5.92 Å². The van der Waals surface area contributed by atoms with Gasteiger partial charge in [-0.05, 0) is 25.5 Å². The van der Waals surface area contributed by atoms with Crippen LogP contribution in [0.5, 0.6) is 0 Å². The van der Waals surface area contributed by atoms with Crippen molar-refractivity contribution in [1.82, 2.24) is 0 Å². The highest BCUT2D eigenvalue weighted by molar-refractivity contribution is 5.09. The number of aliphatic hydroxyl groups excluding tert-OH is 1. The molecule has 0 fully saturated rings. The van der Waals surface area contributed by atoms with Crippen molar-refractivity contribution in [2.45, 2.75) is 19.3 Å². The van der Waals surface area contributed by atoms with Crippen LogP contribution in [-0.4, -0.2) is 11.7 Å². The Hall–Kier alpha value is -1.02. The summed E-state index contributed by atoms with van der Waals surface area (Å²) in [6.45, 7) is 5.86. The monoisotopic (exact) mass is 166 g/mol. The van der Waals surface area contributed by atoms with Gasteiger partial charge in [-0.25, -0.2) is 0 Å². The first-order chi connectivity index (χ1) is 5.74. The van der Waals surface area contributed by atoms with Gasteiger partial charge in [-0.1, -0.05) is 5.57 Å². The van der Waals surface area contributed by atoms with E-state index >= 15 is 0 Å². The fourth-order valence-electron chi connectivity index (χ4n) is 1.20. The van der Waals surface area contributed by atoms with Crippen LogP contribution in [0, 0.1) is 0 Å². The third-order valence-electron chi connectivity index (χ3n) is 1.76. The van der Waals surface area contributed by atoms with Crippen LogP contribution < -0.4 is 0 Å². The maximum absolute atomic E-state index is 9.05. The third kappa shape index (κ3) is 2.24. The predicted molar refractivity (Wildman–Crippen MR) is 48.0 cm³/mol. The van der Waals surface area contributed by atoms with Crippen molar-refractivity contribution in [3.8, 4) is 0 Å². The Bertz CT molecular complexity index is 236. The van der Waals surface area contributed by atoms with Crippen molar-refractivity contribution in [2.24, 2.45) is 0 Å². The second-order valence-electron chi connectivity index (χ2n) is 3.06. The van der Waals surface area contributed by atoms with E-state index in [0.717, 1.165) is 17.8 Å². The maximum atomic E-state index is 9.05. The van der Waals surface area contributed by atoms with Crippen LogP contribution in [0.2, 0.25) is 0 Å². The largest absolute Gasteiger partial charge is 0.469 e. The smallest absolute Gasteiger partial charge is 0.109 e. The summed E-state index contributed by atoms with van der Waals surface area (Å²) in [7, 11) is 0. The lowest BCUT2D eigenvalue weighted by Gasteiger charge is -2.10. The van der Waals surface area contributed by atoms with Crippen LogP contribution in [0.15, 0.2) is 35.0 Å². The average molecular weight is 166 g/mol. The van der Waals surface area contributed by atoms with Crippen molar-refractivity contribution in [3.63, 3.8) is 0 Å². The van der Waals surface area contributed by atoms with Gasteiger partial charge in [0.05, 0.1) is 12.9 Å². The highest BCUT2D eigenvalue weighted by atomic mass is 16.3. The van der Waals surface area contributed by atoms with E-state index in [4.69, 9.17) is 9.52 Å². The average Bonchev–Trinajstić information content (AvgIpc) is 2.51. The summed E-state index contributed by atoms with van der Waals surface area (Å²) < 4.78 is 5.19. The molecule has 12 heavy (non-hydrogen) atoms. The zero-order valence-electron chi connectivity index (χ0n) is 7.29. The zero-order valence-corrected chi connectivity index (χ0v) is 7.29. The molecule has 0 aliphatic heterocycles. The first-order valence-corrected chi connectivity index (χ1v) is 4.02. The molecule has 0 aromatic carbocycles. The summed E-state index contributed by atoms with van der Waals surface area (Å²) >= 11 is 0. The lowest BCUT2D eigenvalue weighted by Crippen LogP contribution is -2.02. The fourth-order valence-corrected chi connectivity index (χ4v) is 1.20. The number of furan rings is 1. The van der Waals surface area contributed by atoms with Gasteiger partial charge >= 0.3 is 0 Å². The van der Waals surface area contributed by atoms with Crippen molar-refractivity contribution in [3.05, 3.63) is 36.3 Å². The Balaban J connectivity index is 2.63. The predicted octanol–water partition coefficient (Wildman–Crippen LogP) is 2.32. The number of rotatable bonds is 4. The molecule has 66 valence electrons. The zero-order chi connectivity index (χ0) is 8.97. The highest BCUT2D eigenvalue weighted by Gasteiger charge is 2.12. The van der Waals surface area contributed by atoms with Gasteiger partial charge in [-0.15, -0.1) is 6.58 Å². The lowest BCUT2D eigenvalue weighted by atomic mass is 10.00. The summed E-state index contributed by atoms with van der Waals surface area (Å²) in [5.74, 6) is 0.901. The van der Waals surface area contributed by atoms with Crippen molar-refractivity contribution < 1.29 is 9.52 Å². The first kappa shape index (κ1) is 9.07. The van der Waals surface area contributed by atoms with Crippen LogP contribution in [0.3, 0.4) is 0 Å². The quantitative estimate of drug-likeness (QED) is 0.696. The van der Waals surface area contributed by atoms with Crippen LogP contribution in [0.1, 0.15) is 25.0 Å². The van der Waals surface area contributed by atoms with E-state index in [1.165, 1.54) is 0 Å². The molecule has 2 heteroatoms. The summed E-state index contributed by atoms with van der Waals surface area (Å²) in [4.78, 5) is 0. The molecular weight excluding hydrogens is 152 g/mol. The van der Waals surface area contributed by atoms with Gasteiger partial charge in [0.2, 0.25) is 0 Å². The second-order valence-corrected chi connectivity index (χ2v) is 3.06. The first-order valence-electron chi connectivity index (χ1n) is 4.02. The topological polar surface area (TPSA) is 33.4 Å². The Labute approximate surface area is 72.5 Å². The summed E-state index contributed by atoms with van der Waals surface area (Å²) in [5, 5.41) is 9.05. The molecule has 0 aliphatic carbocycles. The van der Waals surface area contributed by atoms with Gasteiger partial charge in [0.1, 0.15) is 5.76 Å². The van der Waals surface area contributed by atoms with E-state index < -0.39 is 0 Å². The van der Waals surface area contributed by atoms with E-state index in [-0.39, 0.29) is 12.5 Å². The Morgan fingerprint density at radius 3 is 2.92 bits per heavy atom. The lowest BCUT2D eigenvalue weighted by molar-refractivity contribution is 0.248. The van der Waals surface area contributed by atoms with Crippen LogP contribution >= 0.6 is 0 Å². The molecule has 1 atom stereocenters. The van der Waals surface area contributed by atoms with Crippen molar-refractivity contribution in [2.75, 3.05) is 6.61 Å². The van der Waals surface area contributed by atoms with Crippen LogP contribution in [-0.2, 0) is 0 Å². The molecule has 0 bridgehead atoms. The van der Waals surface area contributed by atoms with Gasteiger partial charge < -0.3 is 9.52 Å². The maximum Gasteiger partial charge on any atom is 0.109 e. The Morgan fingerprint density at radius 2 is 2.50 bits per heavy atom. The van der Waals surface area contributed by atoms with Gasteiger partial charge in [-0.2, -0.15) is 0 Å². The molecule has 0 saturated carbocycles. The van der Waals surface area contributed by atoms with E-state index in [1.54, 1.807) is 6.26 Å². The fraction of sp³-hybridized carbons (Fsp3) is 0.400. The standard InChI is InChI=1S/C10H14O2/c1-8(2)6-9(7-11)10-4-3-5-12-10/h3-5,9,11H,1,6-7H2,2H3. The molecular formula is C10H14O2. The molecule has 1 heterocycles. The minimum atomic E-state index is 0.0671. The molecule has 0 spiro atoms. The van der Waals surface area contributed by atoms with Crippen molar-refractivity contribution >= 4 is 0 Å². The third-order valence-corrected chi connectivity index (χ3v) is 1.76. The molecule has 2 nitrogen and oxygen atoms in total. The van der Waals surface area contributed by atoms with Gasteiger partial charge in [0.25, 0.3) is 0 Å². The number of allylic oxidation sites excluding steroid dienone is 1. The van der Waals surface area contributed by atoms with E-state index in [2.05, 4.69) is 6.58 Å². The van der Waals surface area contributed by atoms with Gasteiger partial charge in [0.15, 0.2) is 0 Å². The van der Waals surface area contributed by atoms with E-state index in [1.807, 2.05) is 19.1 Å². The summed E-state index contributed by atoms with van der Waals surface area (Å²) in [6.07, 6.45) is 2.40. The van der Waals surface area contributed by atoms with Crippen molar-refractivity contribution in [1.29, 1.82) is 0 Å². The van der Waals surface area contributed by atoms with Crippen LogP contribution in [0.25, 0.3) is 0 Å². The van der Waals surface area contributed by atoms with E-state index in [9.17, 15) is 0 Å². The molecule has 0 amide bonds. The molecule has 1 aromatic heterocycles. The Kier molecular flexibility index (Phi) is 3.11. The number of hydrogen-bond acceptors (Lipinski definition) is 2. The molecule has 1 unspecified atom stereocenters. The summed E-state index contributed by atoms with van der Waals surface area (Å²) in [6, 6.07) is 3.71. The molecule has 0 aliphatic rings. The second kappa shape index (κ2) is 4.12. The minimum Gasteiger partial charge on any atom is -0.469 e. The summed E-state index contributed by atoms with van der Waals surface area (Å²) in [5.41, 5.74) is 1.06.